The molecular formula is C18H25ClF3N5O2. The van der Waals surface area contributed by atoms with Gasteiger partial charge in [0.1, 0.15) is 5.82 Å². The molecule has 0 bridgehead atoms. The van der Waals surface area contributed by atoms with Gasteiger partial charge in [0.25, 0.3) is 0 Å². The Morgan fingerprint density at radius 3 is 2.79 bits per heavy atom. The highest BCUT2D eigenvalue weighted by atomic mass is 35.5. The second-order valence-corrected chi connectivity index (χ2v) is 7.86. The van der Waals surface area contributed by atoms with E-state index in [9.17, 15) is 18.3 Å². The Morgan fingerprint density at radius 1 is 1.48 bits per heavy atom. The highest BCUT2D eigenvalue weighted by Crippen LogP contribution is 2.34. The van der Waals surface area contributed by atoms with Crippen LogP contribution in [0.15, 0.2) is 17.3 Å². The Balaban J connectivity index is 1.62. The molecule has 0 radical (unpaired) electrons. The van der Waals surface area contributed by atoms with Gasteiger partial charge in [0.2, 0.25) is 0 Å². The van der Waals surface area contributed by atoms with E-state index in [-0.39, 0.29) is 23.1 Å². The van der Waals surface area contributed by atoms with Crippen molar-refractivity contribution in [1.29, 1.82) is 0 Å². The number of nitrogens with one attached hydrogen (secondary N) is 2. The first-order valence-electron chi connectivity index (χ1n) is 9.47. The number of aromatic nitrogens is 1. The lowest BCUT2D eigenvalue weighted by Gasteiger charge is -2.38. The fourth-order valence-corrected chi connectivity index (χ4v) is 3.56. The fraction of sp³-hybridized carbons (Fsp3) is 0.667. The second kappa shape index (κ2) is 8.93. The number of aliphatic imine (C=N–C) groups is 1. The molecule has 1 atom stereocenters. The van der Waals surface area contributed by atoms with E-state index in [0.717, 1.165) is 18.7 Å². The molecule has 2 aliphatic rings. The molecule has 0 amide bonds. The summed E-state index contributed by atoms with van der Waals surface area (Å²) in [4.78, 5) is 10.4. The number of aliphatic hydroxyl groups excluding tert-OH is 1. The molecule has 1 aromatic heterocycles. The van der Waals surface area contributed by atoms with Crippen LogP contribution in [-0.2, 0) is 10.9 Å². The third-order valence-electron chi connectivity index (χ3n) is 5.05. The number of rotatable bonds is 6. The lowest BCUT2D eigenvalue weighted by molar-refractivity contribution is -0.137. The molecule has 3 heterocycles. The van der Waals surface area contributed by atoms with Gasteiger partial charge >= 0.3 is 6.18 Å². The van der Waals surface area contributed by atoms with Crippen LogP contribution in [0, 0.1) is 5.41 Å². The van der Waals surface area contributed by atoms with E-state index in [1.54, 1.807) is 0 Å². The Kier molecular flexibility index (Phi) is 6.75. The zero-order valence-corrected chi connectivity index (χ0v) is 16.9. The van der Waals surface area contributed by atoms with Crippen LogP contribution in [0.4, 0.5) is 19.0 Å². The van der Waals surface area contributed by atoms with Crippen LogP contribution in [0.25, 0.3) is 0 Å². The summed E-state index contributed by atoms with van der Waals surface area (Å²) in [7, 11) is 0. The summed E-state index contributed by atoms with van der Waals surface area (Å²) in [6.45, 7) is 5.23. The zero-order chi connectivity index (χ0) is 21.1. The number of hydrogen-bond donors (Lipinski definition) is 3. The van der Waals surface area contributed by atoms with Crippen molar-refractivity contribution in [2.45, 2.75) is 25.6 Å². The van der Waals surface area contributed by atoms with E-state index >= 15 is 0 Å². The van der Waals surface area contributed by atoms with Crippen LogP contribution in [0.3, 0.4) is 0 Å². The predicted molar refractivity (Wildman–Crippen MR) is 104 cm³/mol. The van der Waals surface area contributed by atoms with Crippen molar-refractivity contribution in [1.82, 2.24) is 15.6 Å². The summed E-state index contributed by atoms with van der Waals surface area (Å²) in [6, 6.07) is 0.946. The van der Waals surface area contributed by atoms with Gasteiger partial charge in [-0.15, -0.1) is 0 Å². The molecule has 2 aliphatic heterocycles. The van der Waals surface area contributed by atoms with E-state index in [2.05, 4.69) is 20.6 Å². The number of guanidine groups is 1. The third kappa shape index (κ3) is 5.23. The van der Waals surface area contributed by atoms with Crippen molar-refractivity contribution in [3.63, 3.8) is 0 Å². The molecular weight excluding hydrogens is 411 g/mol. The summed E-state index contributed by atoms with van der Waals surface area (Å²) in [5.41, 5.74) is -1.18. The SMILES string of the molecule is CCNC(=NCC1(CO)COC1)NC1CCN(c2ncc(C(F)(F)F)cc2Cl)C1. The topological polar surface area (TPSA) is 82.0 Å². The van der Waals surface area contributed by atoms with E-state index in [1.807, 2.05) is 11.8 Å². The number of ether oxygens (including phenoxy) is 1. The first-order valence-corrected chi connectivity index (χ1v) is 9.85. The Morgan fingerprint density at radius 2 is 2.24 bits per heavy atom. The molecule has 2 saturated heterocycles. The lowest BCUT2D eigenvalue weighted by Crippen LogP contribution is -2.50. The number of aliphatic hydroxyl groups is 1. The minimum Gasteiger partial charge on any atom is -0.396 e. The molecule has 0 aromatic carbocycles. The number of anilines is 1. The van der Waals surface area contributed by atoms with Crippen molar-refractivity contribution >= 4 is 23.4 Å². The molecule has 0 spiro atoms. The molecule has 162 valence electrons. The first kappa shape index (κ1) is 21.9. The summed E-state index contributed by atoms with van der Waals surface area (Å²) in [6.07, 6.45) is -2.90. The molecule has 0 aliphatic carbocycles. The van der Waals surface area contributed by atoms with Crippen molar-refractivity contribution < 1.29 is 23.0 Å². The largest absolute Gasteiger partial charge is 0.417 e. The number of pyridine rings is 1. The van der Waals surface area contributed by atoms with E-state index in [4.69, 9.17) is 16.3 Å². The third-order valence-corrected chi connectivity index (χ3v) is 5.32. The summed E-state index contributed by atoms with van der Waals surface area (Å²) in [5.74, 6) is 0.974. The maximum absolute atomic E-state index is 12.8. The smallest absolute Gasteiger partial charge is 0.396 e. The maximum Gasteiger partial charge on any atom is 0.417 e. The van der Waals surface area contributed by atoms with E-state index in [0.29, 0.717) is 51.2 Å². The van der Waals surface area contributed by atoms with E-state index < -0.39 is 11.7 Å². The molecule has 1 aromatic rings. The standard InChI is InChI=1S/C18H25ClF3N5O2/c1-2-23-16(25-8-17(9-28)10-29-11-17)26-13-3-4-27(7-13)15-14(19)5-12(6-24-15)18(20,21)22/h5-6,13,28H,2-4,7-11H2,1H3,(H2,23,25,26). The van der Waals surface area contributed by atoms with Gasteiger partial charge in [0, 0.05) is 31.9 Å². The van der Waals surface area contributed by atoms with Gasteiger partial charge in [-0.25, -0.2) is 4.98 Å². The van der Waals surface area contributed by atoms with Crippen molar-refractivity contribution in [2.24, 2.45) is 10.4 Å². The Labute approximate surface area is 172 Å². The second-order valence-electron chi connectivity index (χ2n) is 7.45. The van der Waals surface area contributed by atoms with Crippen LogP contribution in [0.5, 0.6) is 0 Å². The van der Waals surface area contributed by atoms with Crippen molar-refractivity contribution in [3.8, 4) is 0 Å². The van der Waals surface area contributed by atoms with Gasteiger partial charge < -0.3 is 25.4 Å². The zero-order valence-electron chi connectivity index (χ0n) is 16.1. The molecule has 3 rings (SSSR count). The molecule has 2 fully saturated rings. The lowest BCUT2D eigenvalue weighted by atomic mass is 9.87. The van der Waals surface area contributed by atoms with Crippen LogP contribution < -0.4 is 15.5 Å². The van der Waals surface area contributed by atoms with Crippen LogP contribution >= 0.6 is 11.6 Å². The molecule has 7 nitrogen and oxygen atoms in total. The van der Waals surface area contributed by atoms with Crippen molar-refractivity contribution in [2.75, 3.05) is 50.9 Å². The minimum absolute atomic E-state index is 0.0177. The normalized spacial score (nSPS) is 21.8. The quantitative estimate of drug-likeness (QED) is 0.467. The molecule has 0 saturated carbocycles. The minimum atomic E-state index is -4.47. The predicted octanol–water partition coefficient (Wildman–Crippen LogP) is 1.90. The first-order chi connectivity index (χ1) is 13.8. The van der Waals surface area contributed by atoms with Crippen LogP contribution in [0.2, 0.25) is 5.02 Å². The van der Waals surface area contributed by atoms with Gasteiger partial charge in [0.15, 0.2) is 5.96 Å². The summed E-state index contributed by atoms with van der Waals surface area (Å²) >= 11 is 6.06. The Bertz CT molecular complexity index is 737. The number of alkyl halides is 3. The van der Waals surface area contributed by atoms with Crippen molar-refractivity contribution in [3.05, 3.63) is 22.8 Å². The number of hydrogen-bond acceptors (Lipinski definition) is 5. The molecule has 1 unspecified atom stereocenters. The Hall–Kier alpha value is -1.78. The summed E-state index contributed by atoms with van der Waals surface area (Å²) < 4.78 is 43.6. The fourth-order valence-electron chi connectivity index (χ4n) is 3.27. The van der Waals surface area contributed by atoms with Gasteiger partial charge in [-0.2, -0.15) is 13.2 Å². The monoisotopic (exact) mass is 435 g/mol. The van der Waals surface area contributed by atoms with Gasteiger partial charge in [-0.1, -0.05) is 11.6 Å². The average molecular weight is 436 g/mol. The van der Waals surface area contributed by atoms with Gasteiger partial charge in [-0.05, 0) is 19.4 Å². The number of nitrogens with zero attached hydrogens (tertiary/aromatic N) is 3. The molecule has 3 N–H and O–H groups in total. The molecule has 29 heavy (non-hydrogen) atoms. The summed E-state index contributed by atoms with van der Waals surface area (Å²) in [5, 5.41) is 16.0. The number of halogens is 4. The van der Waals surface area contributed by atoms with Crippen LogP contribution in [-0.4, -0.2) is 68.1 Å². The van der Waals surface area contributed by atoms with E-state index in [1.165, 1.54) is 0 Å². The highest BCUT2D eigenvalue weighted by Gasteiger charge is 2.38. The molecule has 11 heteroatoms. The maximum atomic E-state index is 12.8. The van der Waals surface area contributed by atoms with Crippen LogP contribution in [0.1, 0.15) is 18.9 Å². The van der Waals surface area contributed by atoms with Gasteiger partial charge in [0.05, 0.1) is 42.4 Å². The van der Waals surface area contributed by atoms with Gasteiger partial charge in [-0.3, -0.25) is 4.99 Å². The highest BCUT2D eigenvalue weighted by molar-refractivity contribution is 6.33. The average Bonchev–Trinajstić information content (AvgIpc) is 3.08.